The Bertz CT molecular complexity index is 421. The summed E-state index contributed by atoms with van der Waals surface area (Å²) in [4.78, 5) is 0. The van der Waals surface area contributed by atoms with Crippen LogP contribution < -0.4 is 5.32 Å². The Hall–Kier alpha value is -1.09. The summed E-state index contributed by atoms with van der Waals surface area (Å²) in [6.07, 6.45) is 6.22. The summed E-state index contributed by atoms with van der Waals surface area (Å²) >= 11 is 0. The molecule has 106 valence electrons. The molecule has 3 heteroatoms. The average molecular weight is 265 g/mol. The first-order chi connectivity index (χ1) is 9.11. The van der Waals surface area contributed by atoms with Crippen LogP contribution in [0.25, 0.3) is 0 Å². The predicted molar refractivity (Wildman–Crippen MR) is 75.7 cm³/mol. The van der Waals surface area contributed by atoms with Crippen molar-refractivity contribution in [3.8, 4) is 5.75 Å². The Kier molecular flexibility index (Phi) is 4.81. The monoisotopic (exact) mass is 265 g/mol. The molecule has 1 fully saturated rings. The highest BCUT2D eigenvalue weighted by Crippen LogP contribution is 2.29. The minimum atomic E-state index is -0.330. The molecule has 0 radical (unpaired) electrons. The standard InChI is InChI=1S/C16H24FNO/c1-3-12-6-4-5-7-16(12)18-11(2)14-9-8-13(19)10-15(14)17/h8-12,16,18-19H,3-7H2,1-2H3. The molecule has 2 N–H and O–H groups in total. The summed E-state index contributed by atoms with van der Waals surface area (Å²) < 4.78 is 13.8. The van der Waals surface area contributed by atoms with Crippen molar-refractivity contribution in [1.29, 1.82) is 0 Å². The molecule has 0 aliphatic heterocycles. The van der Waals surface area contributed by atoms with Crippen LogP contribution in [0.4, 0.5) is 4.39 Å². The van der Waals surface area contributed by atoms with Crippen molar-refractivity contribution in [3.05, 3.63) is 29.6 Å². The summed E-state index contributed by atoms with van der Waals surface area (Å²) in [6, 6.07) is 4.88. The number of phenolic OH excluding ortho intramolecular Hbond substituents is 1. The van der Waals surface area contributed by atoms with Gasteiger partial charge >= 0.3 is 0 Å². The van der Waals surface area contributed by atoms with Crippen molar-refractivity contribution >= 4 is 0 Å². The molecule has 0 amide bonds. The third-order valence-electron chi connectivity index (χ3n) is 4.35. The zero-order valence-electron chi connectivity index (χ0n) is 11.8. The van der Waals surface area contributed by atoms with Crippen molar-refractivity contribution in [2.45, 2.75) is 58.0 Å². The summed E-state index contributed by atoms with van der Waals surface area (Å²) in [5, 5.41) is 12.8. The van der Waals surface area contributed by atoms with Gasteiger partial charge < -0.3 is 10.4 Å². The van der Waals surface area contributed by atoms with Gasteiger partial charge in [0.25, 0.3) is 0 Å². The van der Waals surface area contributed by atoms with E-state index in [4.69, 9.17) is 0 Å². The van der Waals surface area contributed by atoms with E-state index in [9.17, 15) is 9.50 Å². The number of hydrogen-bond acceptors (Lipinski definition) is 2. The van der Waals surface area contributed by atoms with Crippen LogP contribution in [0.15, 0.2) is 18.2 Å². The van der Waals surface area contributed by atoms with Gasteiger partial charge in [0.05, 0.1) is 0 Å². The molecule has 0 aromatic heterocycles. The fourth-order valence-electron chi connectivity index (χ4n) is 3.19. The fraction of sp³-hybridized carbons (Fsp3) is 0.625. The maximum Gasteiger partial charge on any atom is 0.131 e. The quantitative estimate of drug-likeness (QED) is 0.857. The molecule has 3 unspecified atom stereocenters. The number of nitrogens with one attached hydrogen (secondary N) is 1. The van der Waals surface area contributed by atoms with Crippen molar-refractivity contribution in [3.63, 3.8) is 0 Å². The highest BCUT2D eigenvalue weighted by atomic mass is 19.1. The minimum absolute atomic E-state index is 0.0160. The van der Waals surface area contributed by atoms with Crippen LogP contribution in [0.3, 0.4) is 0 Å². The number of phenols is 1. The summed E-state index contributed by atoms with van der Waals surface area (Å²) in [7, 11) is 0. The van der Waals surface area contributed by atoms with Gasteiger partial charge in [0.1, 0.15) is 11.6 Å². The van der Waals surface area contributed by atoms with E-state index in [1.165, 1.54) is 38.2 Å². The van der Waals surface area contributed by atoms with Gasteiger partial charge in [-0.3, -0.25) is 0 Å². The van der Waals surface area contributed by atoms with Gasteiger partial charge in [-0.05, 0) is 31.7 Å². The summed E-state index contributed by atoms with van der Waals surface area (Å²) in [5.41, 5.74) is 0.637. The Labute approximate surface area is 115 Å². The molecule has 0 saturated heterocycles. The first kappa shape index (κ1) is 14.3. The molecule has 0 spiro atoms. The first-order valence-electron chi connectivity index (χ1n) is 7.36. The number of halogens is 1. The van der Waals surface area contributed by atoms with E-state index < -0.39 is 0 Å². The molecule has 1 aromatic rings. The first-order valence-corrected chi connectivity index (χ1v) is 7.36. The number of hydrogen-bond donors (Lipinski definition) is 2. The third kappa shape index (κ3) is 3.47. The van der Waals surface area contributed by atoms with Crippen LogP contribution in [-0.2, 0) is 0 Å². The van der Waals surface area contributed by atoms with Gasteiger partial charge in [-0.2, -0.15) is 0 Å². The molecule has 1 saturated carbocycles. The van der Waals surface area contributed by atoms with E-state index in [1.807, 2.05) is 6.92 Å². The van der Waals surface area contributed by atoms with Gasteiger partial charge in [0.2, 0.25) is 0 Å². The summed E-state index contributed by atoms with van der Waals surface area (Å²) in [5.74, 6) is 0.359. The van der Waals surface area contributed by atoms with Gasteiger partial charge in [0.15, 0.2) is 0 Å². The third-order valence-corrected chi connectivity index (χ3v) is 4.35. The number of aromatic hydroxyl groups is 1. The van der Waals surface area contributed by atoms with E-state index in [-0.39, 0.29) is 17.6 Å². The number of benzene rings is 1. The lowest BCUT2D eigenvalue weighted by atomic mass is 9.82. The normalized spacial score (nSPS) is 25.2. The Morgan fingerprint density at radius 1 is 1.37 bits per heavy atom. The van der Waals surface area contributed by atoms with E-state index >= 15 is 0 Å². The van der Waals surface area contributed by atoms with E-state index in [0.29, 0.717) is 17.5 Å². The average Bonchev–Trinajstić information content (AvgIpc) is 2.39. The Balaban J connectivity index is 2.05. The molecule has 0 bridgehead atoms. The molecule has 1 aliphatic rings. The van der Waals surface area contributed by atoms with E-state index in [2.05, 4.69) is 12.2 Å². The van der Waals surface area contributed by atoms with Gasteiger partial charge in [-0.1, -0.05) is 32.3 Å². The minimum Gasteiger partial charge on any atom is -0.508 e. The second-order valence-corrected chi connectivity index (χ2v) is 5.65. The molecular formula is C16H24FNO. The van der Waals surface area contributed by atoms with E-state index in [0.717, 1.165) is 0 Å². The predicted octanol–water partition coefficient (Wildman–Crippen LogP) is 4.15. The van der Waals surface area contributed by atoms with Crippen LogP contribution >= 0.6 is 0 Å². The molecule has 1 aromatic carbocycles. The zero-order valence-corrected chi connectivity index (χ0v) is 11.8. The topological polar surface area (TPSA) is 32.3 Å². The molecule has 2 nitrogen and oxygen atoms in total. The number of rotatable bonds is 4. The lowest BCUT2D eigenvalue weighted by molar-refractivity contribution is 0.239. The maximum absolute atomic E-state index is 13.8. The summed E-state index contributed by atoms with van der Waals surface area (Å²) in [6.45, 7) is 4.23. The fourth-order valence-corrected chi connectivity index (χ4v) is 3.19. The van der Waals surface area contributed by atoms with E-state index in [1.54, 1.807) is 12.1 Å². The maximum atomic E-state index is 13.8. The molecule has 1 aliphatic carbocycles. The molecule has 19 heavy (non-hydrogen) atoms. The zero-order chi connectivity index (χ0) is 13.8. The van der Waals surface area contributed by atoms with Crippen LogP contribution in [0.1, 0.15) is 57.6 Å². The van der Waals surface area contributed by atoms with Crippen LogP contribution in [0, 0.1) is 11.7 Å². The molecule has 3 atom stereocenters. The van der Waals surface area contributed by atoms with Crippen molar-refractivity contribution in [2.24, 2.45) is 5.92 Å². The second kappa shape index (κ2) is 6.38. The molecular weight excluding hydrogens is 241 g/mol. The lowest BCUT2D eigenvalue weighted by Gasteiger charge is -2.34. The van der Waals surface area contributed by atoms with Crippen molar-refractivity contribution < 1.29 is 9.50 Å². The van der Waals surface area contributed by atoms with Crippen LogP contribution in [0.2, 0.25) is 0 Å². The molecule has 0 heterocycles. The Morgan fingerprint density at radius 2 is 2.11 bits per heavy atom. The smallest absolute Gasteiger partial charge is 0.131 e. The highest BCUT2D eigenvalue weighted by molar-refractivity contribution is 5.29. The Morgan fingerprint density at radius 3 is 2.79 bits per heavy atom. The van der Waals surface area contributed by atoms with Gasteiger partial charge in [0, 0.05) is 23.7 Å². The largest absolute Gasteiger partial charge is 0.508 e. The molecule has 2 rings (SSSR count). The van der Waals surface area contributed by atoms with Crippen molar-refractivity contribution in [1.82, 2.24) is 5.32 Å². The second-order valence-electron chi connectivity index (χ2n) is 5.65. The van der Waals surface area contributed by atoms with Gasteiger partial charge in [-0.15, -0.1) is 0 Å². The lowest BCUT2D eigenvalue weighted by Crippen LogP contribution is -2.39. The van der Waals surface area contributed by atoms with Gasteiger partial charge in [-0.25, -0.2) is 4.39 Å². The SMILES string of the molecule is CCC1CCCCC1NC(C)c1ccc(O)cc1F. The highest BCUT2D eigenvalue weighted by Gasteiger charge is 2.25. The van der Waals surface area contributed by atoms with Crippen LogP contribution in [0.5, 0.6) is 5.75 Å². The van der Waals surface area contributed by atoms with Crippen molar-refractivity contribution in [2.75, 3.05) is 0 Å². The van der Waals surface area contributed by atoms with Crippen LogP contribution in [-0.4, -0.2) is 11.1 Å².